The monoisotopic (exact) mass is 419 g/mol. The molecule has 1 amide bonds. The summed E-state index contributed by atoms with van der Waals surface area (Å²) in [6.07, 6.45) is 8.84. The van der Waals surface area contributed by atoms with Crippen molar-refractivity contribution >= 4 is 22.8 Å². The Kier molecular flexibility index (Phi) is 6.89. The Bertz CT molecular complexity index is 1170. The minimum absolute atomic E-state index is 0.0171. The molecule has 9 heteroatoms. The SMILES string of the molecule is COc1ccc(-c2cncc3ccc(C(=O)O)nc23)cc1.NC(=O)CCn1ccnc1. The van der Waals surface area contributed by atoms with Gasteiger partial charge in [0, 0.05) is 48.7 Å². The third kappa shape index (κ3) is 5.63. The number of hydrogen-bond donors (Lipinski definition) is 2. The predicted octanol–water partition coefficient (Wildman–Crippen LogP) is 2.76. The number of methoxy groups -OCH3 is 1. The van der Waals surface area contributed by atoms with Gasteiger partial charge in [-0.15, -0.1) is 0 Å². The van der Waals surface area contributed by atoms with E-state index >= 15 is 0 Å². The number of carboxylic acid groups (broad SMARTS) is 1. The van der Waals surface area contributed by atoms with E-state index in [2.05, 4.69) is 15.0 Å². The molecule has 31 heavy (non-hydrogen) atoms. The van der Waals surface area contributed by atoms with Crippen LogP contribution in [0.15, 0.2) is 67.5 Å². The highest BCUT2D eigenvalue weighted by Crippen LogP contribution is 2.27. The third-order valence-corrected chi connectivity index (χ3v) is 4.39. The topological polar surface area (TPSA) is 133 Å². The maximum atomic E-state index is 11.1. The number of amides is 1. The van der Waals surface area contributed by atoms with E-state index in [9.17, 15) is 9.59 Å². The van der Waals surface area contributed by atoms with Crippen LogP contribution in [0.4, 0.5) is 0 Å². The number of fused-ring (bicyclic) bond motifs is 1. The van der Waals surface area contributed by atoms with Gasteiger partial charge in [-0.3, -0.25) is 9.78 Å². The zero-order chi connectivity index (χ0) is 22.2. The van der Waals surface area contributed by atoms with Crippen LogP contribution in [-0.4, -0.2) is 43.6 Å². The van der Waals surface area contributed by atoms with Crippen LogP contribution in [0.2, 0.25) is 0 Å². The van der Waals surface area contributed by atoms with E-state index in [-0.39, 0.29) is 11.6 Å². The first kappa shape index (κ1) is 21.4. The molecule has 0 radical (unpaired) electrons. The second-order valence-electron chi connectivity index (χ2n) is 6.51. The number of carbonyl (C=O) groups is 2. The van der Waals surface area contributed by atoms with E-state index in [4.69, 9.17) is 15.6 Å². The van der Waals surface area contributed by atoms with Crippen molar-refractivity contribution in [2.24, 2.45) is 5.73 Å². The molecule has 9 nitrogen and oxygen atoms in total. The van der Waals surface area contributed by atoms with Crippen molar-refractivity contribution in [3.8, 4) is 16.9 Å². The number of carboxylic acids is 1. The average Bonchev–Trinajstić information content (AvgIpc) is 3.31. The Hall–Kier alpha value is -4.27. The van der Waals surface area contributed by atoms with Gasteiger partial charge in [0.25, 0.3) is 0 Å². The lowest BCUT2D eigenvalue weighted by Crippen LogP contribution is -2.13. The maximum Gasteiger partial charge on any atom is 0.354 e. The first-order chi connectivity index (χ1) is 15.0. The van der Waals surface area contributed by atoms with Gasteiger partial charge in [0.15, 0.2) is 0 Å². The third-order valence-electron chi connectivity index (χ3n) is 4.39. The summed E-state index contributed by atoms with van der Waals surface area (Å²) in [5, 5.41) is 9.88. The summed E-state index contributed by atoms with van der Waals surface area (Å²) in [5.41, 5.74) is 7.27. The van der Waals surface area contributed by atoms with Crippen molar-refractivity contribution in [1.29, 1.82) is 0 Å². The van der Waals surface area contributed by atoms with Crippen LogP contribution in [0, 0.1) is 0 Å². The Morgan fingerprint density at radius 2 is 1.87 bits per heavy atom. The van der Waals surface area contributed by atoms with Crippen LogP contribution >= 0.6 is 0 Å². The lowest BCUT2D eigenvalue weighted by Gasteiger charge is -2.07. The number of imidazole rings is 1. The number of nitrogens with zero attached hydrogens (tertiary/aromatic N) is 4. The van der Waals surface area contributed by atoms with Gasteiger partial charge in [-0.1, -0.05) is 12.1 Å². The number of aromatic carboxylic acids is 1. The minimum atomic E-state index is -1.05. The summed E-state index contributed by atoms with van der Waals surface area (Å²) in [7, 11) is 1.61. The Morgan fingerprint density at radius 1 is 1.10 bits per heavy atom. The smallest absolute Gasteiger partial charge is 0.354 e. The van der Waals surface area contributed by atoms with Crippen LogP contribution in [0.5, 0.6) is 5.75 Å². The molecule has 0 bridgehead atoms. The highest BCUT2D eigenvalue weighted by atomic mass is 16.5. The molecule has 0 aliphatic carbocycles. The molecule has 0 aliphatic heterocycles. The number of ether oxygens (including phenoxy) is 1. The molecule has 0 saturated heterocycles. The molecule has 158 valence electrons. The highest BCUT2D eigenvalue weighted by Gasteiger charge is 2.10. The number of benzene rings is 1. The fourth-order valence-corrected chi connectivity index (χ4v) is 2.80. The molecular formula is C22H21N5O4. The van der Waals surface area contributed by atoms with E-state index in [1.54, 1.807) is 44.3 Å². The number of aromatic nitrogens is 4. The Balaban J connectivity index is 0.000000229. The largest absolute Gasteiger partial charge is 0.497 e. The zero-order valence-electron chi connectivity index (χ0n) is 16.8. The molecule has 1 aromatic carbocycles. The number of pyridine rings is 2. The molecule has 0 saturated carbocycles. The van der Waals surface area contributed by atoms with Crippen LogP contribution in [0.25, 0.3) is 22.0 Å². The second kappa shape index (κ2) is 9.97. The minimum Gasteiger partial charge on any atom is -0.497 e. The number of carbonyl (C=O) groups excluding carboxylic acids is 1. The van der Waals surface area contributed by atoms with Crippen molar-refractivity contribution < 1.29 is 19.4 Å². The summed E-state index contributed by atoms with van der Waals surface area (Å²) in [5.74, 6) is -0.575. The second-order valence-corrected chi connectivity index (χ2v) is 6.51. The standard InChI is InChI=1S/C16H12N2O3.C6H9N3O/c1-21-12-5-2-10(3-6-12)13-9-17-8-11-4-7-14(16(19)20)18-15(11)13;7-6(10)1-3-9-4-2-8-5-9/h2-9H,1H3,(H,19,20);2,4-5H,1,3H2,(H2,7,10). The fraction of sp³-hybridized carbons (Fsp3) is 0.136. The van der Waals surface area contributed by atoms with Crippen molar-refractivity contribution in [3.63, 3.8) is 0 Å². The molecule has 3 aromatic heterocycles. The zero-order valence-corrected chi connectivity index (χ0v) is 16.8. The molecule has 4 aromatic rings. The van der Waals surface area contributed by atoms with E-state index in [0.717, 1.165) is 22.3 Å². The summed E-state index contributed by atoms with van der Waals surface area (Å²) in [6, 6.07) is 10.7. The summed E-state index contributed by atoms with van der Waals surface area (Å²) < 4.78 is 6.94. The Labute approximate surface area is 178 Å². The maximum absolute atomic E-state index is 11.1. The predicted molar refractivity (Wildman–Crippen MR) is 115 cm³/mol. The first-order valence-corrected chi connectivity index (χ1v) is 9.34. The van der Waals surface area contributed by atoms with Gasteiger partial charge in [0.1, 0.15) is 11.4 Å². The quantitative estimate of drug-likeness (QED) is 0.491. The van der Waals surface area contributed by atoms with Gasteiger partial charge in [-0.2, -0.15) is 0 Å². The average molecular weight is 419 g/mol. The van der Waals surface area contributed by atoms with Crippen molar-refractivity contribution in [1.82, 2.24) is 19.5 Å². The van der Waals surface area contributed by atoms with Gasteiger partial charge in [0.2, 0.25) is 5.91 Å². The summed E-state index contributed by atoms with van der Waals surface area (Å²) in [4.78, 5) is 33.6. The molecule has 0 atom stereocenters. The Morgan fingerprint density at radius 3 is 2.48 bits per heavy atom. The number of rotatable bonds is 6. The summed E-state index contributed by atoms with van der Waals surface area (Å²) in [6.45, 7) is 0.620. The van der Waals surface area contributed by atoms with Crippen LogP contribution in [0.3, 0.4) is 0 Å². The molecule has 3 heterocycles. The normalized spacial score (nSPS) is 10.2. The number of aryl methyl sites for hydroxylation is 1. The van der Waals surface area contributed by atoms with Crippen LogP contribution < -0.4 is 10.5 Å². The van der Waals surface area contributed by atoms with Crippen LogP contribution in [-0.2, 0) is 11.3 Å². The number of nitrogens with two attached hydrogens (primary N) is 1. The van der Waals surface area contributed by atoms with E-state index in [1.165, 1.54) is 6.07 Å². The van der Waals surface area contributed by atoms with Gasteiger partial charge >= 0.3 is 5.97 Å². The number of primary amides is 1. The van der Waals surface area contributed by atoms with E-state index in [0.29, 0.717) is 18.5 Å². The molecular weight excluding hydrogens is 398 g/mol. The highest BCUT2D eigenvalue weighted by molar-refractivity contribution is 5.96. The van der Waals surface area contributed by atoms with Gasteiger partial charge in [0.05, 0.1) is 19.0 Å². The van der Waals surface area contributed by atoms with Crippen molar-refractivity contribution in [2.45, 2.75) is 13.0 Å². The van der Waals surface area contributed by atoms with Crippen molar-refractivity contribution in [2.75, 3.05) is 7.11 Å². The molecule has 0 fully saturated rings. The molecule has 3 N–H and O–H groups in total. The van der Waals surface area contributed by atoms with E-state index in [1.807, 2.05) is 28.8 Å². The molecule has 0 unspecified atom stereocenters. The van der Waals surface area contributed by atoms with Gasteiger partial charge < -0.3 is 20.1 Å². The summed E-state index contributed by atoms with van der Waals surface area (Å²) >= 11 is 0. The molecule has 0 aliphatic rings. The number of hydrogen-bond acceptors (Lipinski definition) is 6. The lowest BCUT2D eigenvalue weighted by atomic mass is 10.0. The molecule has 4 rings (SSSR count). The molecule has 0 spiro atoms. The lowest BCUT2D eigenvalue weighted by molar-refractivity contribution is -0.118. The van der Waals surface area contributed by atoms with Crippen molar-refractivity contribution in [3.05, 3.63) is 73.2 Å². The van der Waals surface area contributed by atoms with Gasteiger partial charge in [-0.25, -0.2) is 14.8 Å². The first-order valence-electron chi connectivity index (χ1n) is 9.34. The fourth-order valence-electron chi connectivity index (χ4n) is 2.80. The van der Waals surface area contributed by atoms with Crippen LogP contribution in [0.1, 0.15) is 16.9 Å². The van der Waals surface area contributed by atoms with Gasteiger partial charge in [-0.05, 0) is 29.8 Å². The van der Waals surface area contributed by atoms with E-state index < -0.39 is 5.97 Å².